The number of methoxy groups -OCH3 is 1. The fourth-order valence-electron chi connectivity index (χ4n) is 2.40. The van der Waals surface area contributed by atoms with Crippen LogP contribution in [0.5, 0.6) is 11.5 Å². The smallest absolute Gasteiger partial charge is 0.387 e. The van der Waals surface area contributed by atoms with E-state index in [0.29, 0.717) is 29.4 Å². The maximum Gasteiger partial charge on any atom is 0.387 e. The number of aliphatic imine (C=N–C) groups is 1. The average Bonchev–Trinajstić information content (AvgIpc) is 2.68. The molecule has 2 N–H and O–H groups in total. The standard InChI is InChI=1S/C18H20F2N4O4.HI/c1-21-18(22-10-12-4-3-5-14(8-12)24(25)26)23-11-13-9-15(27-2)6-7-16(13)28-17(19)20;/h3-9,17H,10-11H2,1-2H3,(H2,21,22,23);1H. The number of alkyl halides is 2. The van der Waals surface area contributed by atoms with Crippen molar-refractivity contribution in [3.8, 4) is 11.5 Å². The molecule has 0 spiro atoms. The minimum absolute atomic E-state index is 0. The van der Waals surface area contributed by atoms with E-state index in [1.807, 2.05) is 0 Å². The minimum Gasteiger partial charge on any atom is -0.497 e. The third-order valence-electron chi connectivity index (χ3n) is 3.73. The Morgan fingerprint density at radius 3 is 2.55 bits per heavy atom. The van der Waals surface area contributed by atoms with Gasteiger partial charge in [-0.1, -0.05) is 12.1 Å². The summed E-state index contributed by atoms with van der Waals surface area (Å²) in [5.41, 5.74) is 1.14. The average molecular weight is 522 g/mol. The summed E-state index contributed by atoms with van der Waals surface area (Å²) in [6.07, 6.45) is 0. The van der Waals surface area contributed by atoms with E-state index in [1.165, 1.54) is 31.4 Å². The van der Waals surface area contributed by atoms with Gasteiger partial charge in [0.05, 0.1) is 12.0 Å². The largest absolute Gasteiger partial charge is 0.497 e. The first-order valence-electron chi connectivity index (χ1n) is 8.22. The van der Waals surface area contributed by atoms with Crippen LogP contribution in [0.1, 0.15) is 11.1 Å². The van der Waals surface area contributed by atoms with Crippen LogP contribution >= 0.6 is 24.0 Å². The third-order valence-corrected chi connectivity index (χ3v) is 3.73. The molecule has 2 aromatic carbocycles. The molecule has 0 unspecified atom stereocenters. The Kier molecular flexibility index (Phi) is 10.1. The summed E-state index contributed by atoms with van der Waals surface area (Å²) in [5.74, 6) is 0.910. The second kappa shape index (κ2) is 12.0. The van der Waals surface area contributed by atoms with E-state index in [1.54, 1.807) is 25.2 Å². The van der Waals surface area contributed by atoms with Gasteiger partial charge in [-0.3, -0.25) is 15.1 Å². The number of ether oxygens (including phenoxy) is 2. The molecular weight excluding hydrogens is 501 g/mol. The van der Waals surface area contributed by atoms with Crippen molar-refractivity contribution in [3.05, 3.63) is 63.7 Å². The van der Waals surface area contributed by atoms with Crippen molar-refractivity contribution in [1.29, 1.82) is 0 Å². The number of hydrogen-bond donors (Lipinski definition) is 2. The normalized spacial score (nSPS) is 10.9. The maximum absolute atomic E-state index is 12.6. The summed E-state index contributed by atoms with van der Waals surface area (Å²) in [6.45, 7) is -2.51. The fraction of sp³-hybridized carbons (Fsp3) is 0.278. The van der Waals surface area contributed by atoms with Crippen LogP contribution in [0, 0.1) is 10.1 Å². The molecule has 0 aliphatic carbocycles. The molecule has 0 aliphatic rings. The van der Waals surface area contributed by atoms with Crippen molar-refractivity contribution in [2.75, 3.05) is 14.2 Å². The van der Waals surface area contributed by atoms with Crippen molar-refractivity contribution in [2.45, 2.75) is 19.7 Å². The van der Waals surface area contributed by atoms with Crippen LogP contribution in [0.15, 0.2) is 47.5 Å². The predicted molar refractivity (Wildman–Crippen MR) is 115 cm³/mol. The molecule has 0 fully saturated rings. The van der Waals surface area contributed by atoms with Gasteiger partial charge in [0, 0.05) is 37.8 Å². The van der Waals surface area contributed by atoms with Crippen molar-refractivity contribution in [2.24, 2.45) is 4.99 Å². The lowest BCUT2D eigenvalue weighted by Gasteiger charge is -2.15. The molecule has 29 heavy (non-hydrogen) atoms. The molecule has 0 aliphatic heterocycles. The Morgan fingerprint density at radius 2 is 1.93 bits per heavy atom. The van der Waals surface area contributed by atoms with E-state index in [9.17, 15) is 18.9 Å². The Bertz CT molecular complexity index is 852. The van der Waals surface area contributed by atoms with Crippen LogP contribution in [-0.4, -0.2) is 31.7 Å². The molecule has 0 radical (unpaired) electrons. The number of hydrogen-bond acceptors (Lipinski definition) is 5. The molecule has 0 atom stereocenters. The van der Waals surface area contributed by atoms with Gasteiger partial charge in [0.25, 0.3) is 5.69 Å². The number of non-ortho nitro benzene ring substituents is 1. The molecule has 8 nitrogen and oxygen atoms in total. The Hall–Kier alpha value is -2.70. The van der Waals surface area contributed by atoms with E-state index in [2.05, 4.69) is 20.4 Å². The molecule has 11 heteroatoms. The highest BCUT2D eigenvalue weighted by atomic mass is 127. The zero-order valence-corrected chi connectivity index (χ0v) is 18.1. The van der Waals surface area contributed by atoms with Crippen LogP contribution < -0.4 is 20.1 Å². The first-order valence-corrected chi connectivity index (χ1v) is 8.22. The second-order valence-corrected chi connectivity index (χ2v) is 5.56. The first kappa shape index (κ1) is 24.3. The zero-order chi connectivity index (χ0) is 20.5. The molecule has 0 amide bonds. The predicted octanol–water partition coefficient (Wildman–Crippen LogP) is 3.69. The quantitative estimate of drug-likeness (QED) is 0.181. The molecule has 0 saturated heterocycles. The number of nitro groups is 1. The van der Waals surface area contributed by atoms with E-state index in [-0.39, 0.29) is 42.0 Å². The van der Waals surface area contributed by atoms with Gasteiger partial charge in [0.2, 0.25) is 0 Å². The van der Waals surface area contributed by atoms with Gasteiger partial charge in [-0.15, -0.1) is 24.0 Å². The molecule has 0 heterocycles. The fourth-order valence-corrected chi connectivity index (χ4v) is 2.40. The summed E-state index contributed by atoms with van der Waals surface area (Å²) in [6, 6.07) is 10.7. The van der Waals surface area contributed by atoms with Gasteiger partial charge >= 0.3 is 6.61 Å². The van der Waals surface area contributed by atoms with Gasteiger partial charge < -0.3 is 20.1 Å². The molecule has 0 saturated carbocycles. The highest BCUT2D eigenvalue weighted by Gasteiger charge is 2.12. The van der Waals surface area contributed by atoms with Crippen molar-refractivity contribution in [1.82, 2.24) is 10.6 Å². The molecule has 0 aromatic heterocycles. The zero-order valence-electron chi connectivity index (χ0n) is 15.7. The number of nitrogens with one attached hydrogen (secondary N) is 2. The number of guanidine groups is 1. The van der Waals surface area contributed by atoms with E-state index in [4.69, 9.17) is 4.74 Å². The topological polar surface area (TPSA) is 98.0 Å². The number of benzene rings is 2. The van der Waals surface area contributed by atoms with Gasteiger partial charge in [-0.25, -0.2) is 0 Å². The third kappa shape index (κ3) is 7.68. The minimum atomic E-state index is -2.95. The van der Waals surface area contributed by atoms with Crippen molar-refractivity contribution < 1.29 is 23.2 Å². The van der Waals surface area contributed by atoms with Crippen molar-refractivity contribution in [3.63, 3.8) is 0 Å². The van der Waals surface area contributed by atoms with Crippen LogP contribution in [0.25, 0.3) is 0 Å². The summed E-state index contributed by atoms with van der Waals surface area (Å²) in [4.78, 5) is 14.4. The highest BCUT2D eigenvalue weighted by Crippen LogP contribution is 2.25. The Morgan fingerprint density at radius 1 is 1.21 bits per heavy atom. The molecule has 2 rings (SSSR count). The number of halogens is 3. The molecule has 2 aromatic rings. The number of nitrogens with zero attached hydrogens (tertiary/aromatic N) is 2. The van der Waals surface area contributed by atoms with E-state index in [0.717, 1.165) is 0 Å². The van der Waals surface area contributed by atoms with E-state index >= 15 is 0 Å². The van der Waals surface area contributed by atoms with Gasteiger partial charge in [-0.05, 0) is 23.8 Å². The lowest BCUT2D eigenvalue weighted by molar-refractivity contribution is -0.384. The number of nitro benzene ring substituents is 1. The molecule has 0 bridgehead atoms. The molecule has 158 valence electrons. The lowest BCUT2D eigenvalue weighted by Crippen LogP contribution is -2.36. The summed E-state index contributed by atoms with van der Waals surface area (Å²) < 4.78 is 34.8. The first-order chi connectivity index (χ1) is 13.4. The van der Waals surface area contributed by atoms with Gasteiger partial charge in [0.1, 0.15) is 11.5 Å². The maximum atomic E-state index is 12.6. The summed E-state index contributed by atoms with van der Waals surface area (Å²) >= 11 is 0. The Labute approximate surface area is 183 Å². The van der Waals surface area contributed by atoms with E-state index < -0.39 is 11.5 Å². The summed E-state index contributed by atoms with van der Waals surface area (Å²) in [7, 11) is 3.02. The summed E-state index contributed by atoms with van der Waals surface area (Å²) in [5, 5.41) is 16.8. The van der Waals surface area contributed by atoms with Crippen LogP contribution in [0.4, 0.5) is 14.5 Å². The molecular formula is C18H21F2IN4O4. The number of rotatable bonds is 8. The lowest BCUT2D eigenvalue weighted by atomic mass is 10.2. The van der Waals surface area contributed by atoms with Gasteiger partial charge in [-0.2, -0.15) is 8.78 Å². The van der Waals surface area contributed by atoms with Crippen LogP contribution in [0.3, 0.4) is 0 Å². The van der Waals surface area contributed by atoms with Crippen LogP contribution in [-0.2, 0) is 13.1 Å². The second-order valence-electron chi connectivity index (χ2n) is 5.56. The highest BCUT2D eigenvalue weighted by molar-refractivity contribution is 14.0. The SMILES string of the molecule is CN=C(NCc1cccc([N+](=O)[O-])c1)NCc1cc(OC)ccc1OC(F)F.I. The van der Waals surface area contributed by atoms with Crippen LogP contribution in [0.2, 0.25) is 0 Å². The van der Waals surface area contributed by atoms with Crippen molar-refractivity contribution >= 4 is 35.6 Å². The Balaban J connectivity index is 0.00000420. The monoisotopic (exact) mass is 522 g/mol. The van der Waals surface area contributed by atoms with Gasteiger partial charge in [0.15, 0.2) is 5.96 Å².